The highest BCUT2D eigenvalue weighted by Gasteiger charge is 2.12. The van der Waals surface area contributed by atoms with Gasteiger partial charge in [-0.05, 0) is 56.2 Å². The van der Waals surface area contributed by atoms with Gasteiger partial charge in [0.2, 0.25) is 0 Å². The molecular formula is C20H21ClN2O2S. The molecule has 0 saturated carbocycles. The molecule has 0 unspecified atom stereocenters. The van der Waals surface area contributed by atoms with Crippen LogP contribution in [0.2, 0.25) is 5.02 Å². The highest BCUT2D eigenvalue weighted by atomic mass is 35.5. The van der Waals surface area contributed by atoms with Crippen molar-refractivity contribution in [2.45, 2.75) is 27.3 Å². The van der Waals surface area contributed by atoms with Crippen LogP contribution in [0.15, 0.2) is 41.4 Å². The summed E-state index contributed by atoms with van der Waals surface area (Å²) >= 11 is 7.52. The van der Waals surface area contributed by atoms with Crippen LogP contribution in [0.4, 0.5) is 0 Å². The van der Waals surface area contributed by atoms with Gasteiger partial charge in [-0.2, -0.15) is 4.99 Å². The van der Waals surface area contributed by atoms with Crippen LogP contribution in [0.3, 0.4) is 0 Å². The smallest absolute Gasteiger partial charge is 0.279 e. The molecule has 0 bridgehead atoms. The molecule has 0 radical (unpaired) electrons. The summed E-state index contributed by atoms with van der Waals surface area (Å²) in [7, 11) is 0. The van der Waals surface area contributed by atoms with E-state index in [4.69, 9.17) is 16.3 Å². The number of amides is 1. The van der Waals surface area contributed by atoms with Crippen LogP contribution in [0.5, 0.6) is 0 Å². The number of aromatic nitrogens is 1. The van der Waals surface area contributed by atoms with Gasteiger partial charge >= 0.3 is 0 Å². The van der Waals surface area contributed by atoms with Crippen molar-refractivity contribution in [1.29, 1.82) is 0 Å². The van der Waals surface area contributed by atoms with Gasteiger partial charge in [-0.15, -0.1) is 0 Å². The molecule has 0 aliphatic heterocycles. The van der Waals surface area contributed by atoms with Gasteiger partial charge in [0.25, 0.3) is 5.91 Å². The molecule has 1 amide bonds. The fourth-order valence-electron chi connectivity index (χ4n) is 2.96. The second-order valence-corrected chi connectivity index (χ2v) is 7.53. The summed E-state index contributed by atoms with van der Waals surface area (Å²) in [4.78, 5) is 17.7. The molecule has 0 atom stereocenters. The number of nitrogens with zero attached hydrogens (tertiary/aromatic N) is 2. The second-order valence-electron chi connectivity index (χ2n) is 6.09. The van der Waals surface area contributed by atoms with Crippen LogP contribution in [-0.4, -0.2) is 23.7 Å². The highest BCUT2D eigenvalue weighted by molar-refractivity contribution is 7.16. The average Bonchev–Trinajstić information content (AvgIpc) is 2.92. The molecule has 26 heavy (non-hydrogen) atoms. The molecule has 136 valence electrons. The largest absolute Gasteiger partial charge is 0.380 e. The molecule has 0 N–H and O–H groups in total. The van der Waals surface area contributed by atoms with Gasteiger partial charge < -0.3 is 9.30 Å². The number of thiazole rings is 1. The molecule has 2 aromatic carbocycles. The van der Waals surface area contributed by atoms with Gasteiger partial charge in [0.1, 0.15) is 0 Å². The number of ether oxygens (including phenoxy) is 1. The Labute approximate surface area is 161 Å². The van der Waals surface area contributed by atoms with Crippen molar-refractivity contribution in [3.63, 3.8) is 0 Å². The van der Waals surface area contributed by atoms with Crippen LogP contribution in [0.25, 0.3) is 10.2 Å². The summed E-state index contributed by atoms with van der Waals surface area (Å²) in [6, 6.07) is 11.1. The summed E-state index contributed by atoms with van der Waals surface area (Å²) in [5, 5.41) is 0.526. The van der Waals surface area contributed by atoms with Crippen molar-refractivity contribution < 1.29 is 9.53 Å². The Kier molecular flexibility index (Phi) is 5.91. The zero-order valence-corrected chi connectivity index (χ0v) is 16.7. The van der Waals surface area contributed by atoms with Crippen molar-refractivity contribution in [2.75, 3.05) is 13.2 Å². The zero-order chi connectivity index (χ0) is 18.7. The van der Waals surface area contributed by atoms with E-state index in [0.29, 0.717) is 35.1 Å². The van der Waals surface area contributed by atoms with Crippen LogP contribution >= 0.6 is 22.9 Å². The van der Waals surface area contributed by atoms with Crippen molar-refractivity contribution in [3.05, 3.63) is 62.9 Å². The maximum absolute atomic E-state index is 12.6. The number of hydrogen-bond acceptors (Lipinski definition) is 3. The molecule has 0 aliphatic carbocycles. The maximum atomic E-state index is 12.6. The second kappa shape index (κ2) is 8.16. The average molecular weight is 389 g/mol. The first-order chi connectivity index (χ1) is 12.5. The van der Waals surface area contributed by atoms with E-state index in [2.05, 4.69) is 35.5 Å². The molecule has 1 heterocycles. The number of carbonyl (C=O) groups excluding carboxylic acids is 1. The minimum Gasteiger partial charge on any atom is -0.380 e. The third-order valence-corrected chi connectivity index (χ3v) is 5.30. The molecule has 0 fully saturated rings. The standard InChI is InChI=1S/C20H21ClN2O2S/c1-4-25-9-8-23-18-14(3)10-13(2)11-17(18)26-20(23)22-19(24)15-6-5-7-16(21)12-15/h5-7,10-12H,4,8-9H2,1-3H3. The number of halogens is 1. The lowest BCUT2D eigenvalue weighted by molar-refractivity contribution is 0.0996. The molecule has 1 aromatic heterocycles. The Morgan fingerprint density at radius 2 is 2.08 bits per heavy atom. The topological polar surface area (TPSA) is 43.6 Å². The van der Waals surface area contributed by atoms with E-state index in [1.54, 1.807) is 24.3 Å². The van der Waals surface area contributed by atoms with E-state index in [-0.39, 0.29) is 5.91 Å². The Bertz CT molecular complexity index is 1020. The molecule has 0 aliphatic rings. The lowest BCUT2D eigenvalue weighted by Crippen LogP contribution is -2.20. The van der Waals surface area contributed by atoms with Crippen molar-refractivity contribution in [1.82, 2.24) is 4.57 Å². The molecule has 3 rings (SSSR count). The summed E-state index contributed by atoms with van der Waals surface area (Å²) in [5.74, 6) is -0.293. The molecule has 6 heteroatoms. The minimum atomic E-state index is -0.293. The van der Waals surface area contributed by atoms with Crippen molar-refractivity contribution in [2.24, 2.45) is 4.99 Å². The first-order valence-electron chi connectivity index (χ1n) is 8.52. The summed E-state index contributed by atoms with van der Waals surface area (Å²) < 4.78 is 8.72. The Morgan fingerprint density at radius 1 is 1.27 bits per heavy atom. The van der Waals surface area contributed by atoms with Gasteiger partial charge in [-0.1, -0.05) is 35.1 Å². The molecule has 4 nitrogen and oxygen atoms in total. The zero-order valence-electron chi connectivity index (χ0n) is 15.1. The third kappa shape index (κ3) is 4.06. The summed E-state index contributed by atoms with van der Waals surface area (Å²) in [6.07, 6.45) is 0. The summed E-state index contributed by atoms with van der Waals surface area (Å²) in [6.45, 7) is 8.02. The first-order valence-corrected chi connectivity index (χ1v) is 9.72. The third-order valence-electron chi connectivity index (χ3n) is 4.04. The van der Waals surface area contributed by atoms with Gasteiger partial charge in [-0.25, -0.2) is 0 Å². The number of hydrogen-bond donors (Lipinski definition) is 0. The van der Waals surface area contributed by atoms with E-state index in [0.717, 1.165) is 10.2 Å². The van der Waals surface area contributed by atoms with Gasteiger partial charge in [0.15, 0.2) is 4.80 Å². The Hall–Kier alpha value is -1.95. The molecule has 3 aromatic rings. The van der Waals surface area contributed by atoms with Gasteiger partial charge in [0, 0.05) is 23.7 Å². The van der Waals surface area contributed by atoms with Crippen LogP contribution in [0, 0.1) is 13.8 Å². The number of fused-ring (bicyclic) bond motifs is 1. The van der Waals surface area contributed by atoms with E-state index in [9.17, 15) is 4.79 Å². The highest BCUT2D eigenvalue weighted by Crippen LogP contribution is 2.23. The first kappa shape index (κ1) is 18.8. The van der Waals surface area contributed by atoms with E-state index < -0.39 is 0 Å². The predicted molar refractivity (Wildman–Crippen MR) is 107 cm³/mol. The van der Waals surface area contributed by atoms with E-state index in [1.807, 2.05) is 6.92 Å². The van der Waals surface area contributed by atoms with E-state index >= 15 is 0 Å². The Balaban J connectivity index is 2.12. The molecular weight excluding hydrogens is 368 g/mol. The van der Waals surface area contributed by atoms with Crippen molar-refractivity contribution in [3.8, 4) is 0 Å². The lowest BCUT2D eigenvalue weighted by Gasteiger charge is -2.08. The normalized spacial score (nSPS) is 12.1. The number of carbonyl (C=O) groups is 1. The lowest BCUT2D eigenvalue weighted by atomic mass is 10.1. The fraction of sp³-hybridized carbons (Fsp3) is 0.300. The van der Waals surface area contributed by atoms with Crippen LogP contribution in [-0.2, 0) is 11.3 Å². The van der Waals surface area contributed by atoms with Gasteiger partial charge in [0.05, 0.1) is 16.8 Å². The Morgan fingerprint density at radius 3 is 2.81 bits per heavy atom. The number of aryl methyl sites for hydroxylation is 2. The minimum absolute atomic E-state index is 0.293. The maximum Gasteiger partial charge on any atom is 0.279 e. The number of rotatable bonds is 5. The predicted octanol–water partition coefficient (Wildman–Crippen LogP) is 4.75. The van der Waals surface area contributed by atoms with Crippen LogP contribution < -0.4 is 4.80 Å². The SMILES string of the molecule is CCOCCn1c(=NC(=O)c2cccc(Cl)c2)sc2cc(C)cc(C)c21. The monoisotopic (exact) mass is 388 g/mol. The quantitative estimate of drug-likeness (QED) is 0.592. The number of benzene rings is 2. The van der Waals surface area contributed by atoms with Gasteiger partial charge in [-0.3, -0.25) is 4.79 Å². The molecule has 0 saturated heterocycles. The molecule has 0 spiro atoms. The van der Waals surface area contributed by atoms with E-state index in [1.165, 1.54) is 22.5 Å². The summed E-state index contributed by atoms with van der Waals surface area (Å²) in [5.41, 5.74) is 3.96. The fourth-order valence-corrected chi connectivity index (χ4v) is 4.38. The van der Waals surface area contributed by atoms with Crippen molar-refractivity contribution >= 4 is 39.1 Å². The van der Waals surface area contributed by atoms with Crippen LogP contribution in [0.1, 0.15) is 28.4 Å².